The quantitative estimate of drug-likeness (QED) is 0.174. The normalized spacial score (nSPS) is 19.8. The van der Waals surface area contributed by atoms with E-state index in [1.165, 1.54) is 0 Å². The molecule has 1 rings (SSSR count). The summed E-state index contributed by atoms with van der Waals surface area (Å²) in [7, 11) is 0. The molecule has 1 aliphatic rings. The third-order valence-corrected chi connectivity index (χ3v) is 4.50. The number of ether oxygens (including phenoxy) is 1. The molecule has 0 saturated carbocycles. The fourth-order valence-electron chi connectivity index (χ4n) is 1.76. The van der Waals surface area contributed by atoms with Crippen LogP contribution in [0, 0.1) is 5.41 Å². The van der Waals surface area contributed by atoms with Crippen molar-refractivity contribution in [3.05, 3.63) is 0 Å². The van der Waals surface area contributed by atoms with E-state index in [4.69, 9.17) is 25.8 Å². The van der Waals surface area contributed by atoms with Crippen molar-refractivity contribution in [2.24, 2.45) is 11.1 Å². The van der Waals surface area contributed by atoms with Gasteiger partial charge in [-0.3, -0.25) is 9.69 Å². The number of aliphatic hydroxyl groups excluding tert-OH is 5. The summed E-state index contributed by atoms with van der Waals surface area (Å²) in [6.07, 6.45) is 0.956. The maximum atomic E-state index is 11.5. The van der Waals surface area contributed by atoms with Gasteiger partial charge in [-0.25, -0.2) is 0 Å². The SMILES string of the molecule is CCC(CO)(CO)COC(=O)CCN1CC1C.NC(CO)(CO)CO. The van der Waals surface area contributed by atoms with Crippen LogP contribution in [0.5, 0.6) is 0 Å². The van der Waals surface area contributed by atoms with Gasteiger partial charge in [0.25, 0.3) is 0 Å². The van der Waals surface area contributed by atoms with Crippen LogP contribution in [-0.4, -0.2) is 101 Å². The molecule has 0 aliphatic carbocycles. The van der Waals surface area contributed by atoms with Crippen molar-refractivity contribution in [2.45, 2.75) is 38.3 Å². The molecule has 1 heterocycles. The molecule has 0 radical (unpaired) electrons. The maximum Gasteiger partial charge on any atom is 0.307 e. The highest BCUT2D eigenvalue weighted by Gasteiger charge is 2.31. The summed E-state index contributed by atoms with van der Waals surface area (Å²) in [6, 6.07) is 0.590. The first-order valence-corrected chi connectivity index (χ1v) is 8.48. The lowest BCUT2D eigenvalue weighted by molar-refractivity contribution is -0.149. The Morgan fingerprint density at radius 3 is 1.88 bits per heavy atom. The molecule has 9 heteroatoms. The van der Waals surface area contributed by atoms with E-state index >= 15 is 0 Å². The molecule has 0 aromatic heterocycles. The smallest absolute Gasteiger partial charge is 0.307 e. The van der Waals surface area contributed by atoms with Gasteiger partial charge in [0.1, 0.15) is 6.61 Å². The molecule has 0 spiro atoms. The Bertz CT molecular complexity index is 357. The second kappa shape index (κ2) is 11.7. The van der Waals surface area contributed by atoms with E-state index < -0.39 is 30.8 Å². The molecule has 0 bridgehead atoms. The van der Waals surface area contributed by atoms with Gasteiger partial charge in [-0.2, -0.15) is 0 Å². The minimum Gasteiger partial charge on any atom is -0.465 e. The van der Waals surface area contributed by atoms with Gasteiger partial charge < -0.3 is 36.0 Å². The van der Waals surface area contributed by atoms with E-state index in [1.807, 2.05) is 6.92 Å². The van der Waals surface area contributed by atoms with Crippen molar-refractivity contribution in [2.75, 3.05) is 52.7 Å². The first-order chi connectivity index (χ1) is 11.7. The summed E-state index contributed by atoms with van der Waals surface area (Å²) in [6.45, 7) is 4.30. The third-order valence-electron chi connectivity index (χ3n) is 4.50. The molecule has 0 aromatic rings. The van der Waals surface area contributed by atoms with E-state index in [2.05, 4.69) is 11.8 Å². The number of hydrogen-bond donors (Lipinski definition) is 6. The molecule has 25 heavy (non-hydrogen) atoms. The Hall–Kier alpha value is -0.810. The Labute approximate surface area is 149 Å². The first kappa shape index (κ1) is 24.2. The van der Waals surface area contributed by atoms with Crippen molar-refractivity contribution < 1.29 is 35.1 Å². The van der Waals surface area contributed by atoms with E-state index in [-0.39, 0.29) is 25.8 Å². The summed E-state index contributed by atoms with van der Waals surface area (Å²) in [5.74, 6) is -0.260. The fourth-order valence-corrected chi connectivity index (χ4v) is 1.76. The van der Waals surface area contributed by atoms with Crippen LogP contribution >= 0.6 is 0 Å². The fraction of sp³-hybridized carbons (Fsp3) is 0.938. The minimum absolute atomic E-state index is 0.0882. The Morgan fingerprint density at radius 1 is 1.12 bits per heavy atom. The number of carbonyl (C=O) groups is 1. The predicted octanol–water partition coefficient (Wildman–Crippen LogP) is -2.33. The highest BCUT2D eigenvalue weighted by atomic mass is 16.5. The topological polar surface area (TPSA) is 156 Å². The van der Waals surface area contributed by atoms with Crippen molar-refractivity contribution in [1.82, 2.24) is 4.90 Å². The van der Waals surface area contributed by atoms with Gasteiger partial charge in [0, 0.05) is 19.1 Å². The molecule has 150 valence electrons. The van der Waals surface area contributed by atoms with Crippen LogP contribution in [0.4, 0.5) is 0 Å². The molecular formula is C16H34N2O7. The molecule has 0 aromatic carbocycles. The van der Waals surface area contributed by atoms with Gasteiger partial charge >= 0.3 is 5.97 Å². The minimum atomic E-state index is -1.21. The number of esters is 1. The Morgan fingerprint density at radius 2 is 1.60 bits per heavy atom. The van der Waals surface area contributed by atoms with Crippen LogP contribution in [0.3, 0.4) is 0 Å². The van der Waals surface area contributed by atoms with Crippen LogP contribution in [0.2, 0.25) is 0 Å². The lowest BCUT2D eigenvalue weighted by atomic mass is 9.88. The Kier molecular flexibility index (Phi) is 11.4. The summed E-state index contributed by atoms with van der Waals surface area (Å²) in [4.78, 5) is 13.7. The number of nitrogens with zero attached hydrogens (tertiary/aromatic N) is 1. The number of rotatable bonds is 11. The molecule has 7 N–H and O–H groups in total. The van der Waals surface area contributed by atoms with Crippen molar-refractivity contribution in [3.63, 3.8) is 0 Å². The van der Waals surface area contributed by atoms with Gasteiger partial charge in [-0.05, 0) is 13.3 Å². The highest BCUT2D eigenvalue weighted by molar-refractivity contribution is 5.69. The van der Waals surface area contributed by atoms with E-state index in [9.17, 15) is 15.0 Å². The molecule has 2 atom stereocenters. The largest absolute Gasteiger partial charge is 0.465 e. The number of nitrogens with two attached hydrogens (primary N) is 1. The second-order valence-electron chi connectivity index (χ2n) is 6.76. The molecule has 1 fully saturated rings. The summed E-state index contributed by atoms with van der Waals surface area (Å²) < 4.78 is 5.11. The van der Waals surface area contributed by atoms with E-state index in [0.29, 0.717) is 18.9 Å². The molecule has 0 amide bonds. The zero-order chi connectivity index (χ0) is 19.5. The standard InChI is InChI=1S/C12H23NO4.C4H11NO3/c1-3-12(7-14,8-15)9-17-11(16)4-5-13-6-10(13)2;5-4(1-6,2-7)3-8/h10,14-15H,3-9H2,1-2H3;6-8H,1-3,5H2. The first-order valence-electron chi connectivity index (χ1n) is 8.48. The lowest BCUT2D eigenvalue weighted by Crippen LogP contribution is -2.50. The zero-order valence-electron chi connectivity index (χ0n) is 15.2. The van der Waals surface area contributed by atoms with Crippen LogP contribution in [0.25, 0.3) is 0 Å². The number of aliphatic hydroxyl groups is 5. The molecular weight excluding hydrogens is 332 g/mol. The van der Waals surface area contributed by atoms with Crippen molar-refractivity contribution in [3.8, 4) is 0 Å². The second-order valence-corrected chi connectivity index (χ2v) is 6.76. The van der Waals surface area contributed by atoms with Gasteiger partial charge in [-0.1, -0.05) is 6.92 Å². The molecule has 2 unspecified atom stereocenters. The Balaban J connectivity index is 0.000000609. The summed E-state index contributed by atoms with van der Waals surface area (Å²) in [5, 5.41) is 43.4. The number of carbonyl (C=O) groups excluding carboxylic acids is 1. The lowest BCUT2D eigenvalue weighted by Gasteiger charge is -2.27. The summed E-state index contributed by atoms with van der Waals surface area (Å²) >= 11 is 0. The van der Waals surface area contributed by atoms with Crippen LogP contribution < -0.4 is 5.73 Å². The average molecular weight is 366 g/mol. The van der Waals surface area contributed by atoms with E-state index in [0.717, 1.165) is 13.1 Å². The predicted molar refractivity (Wildman–Crippen MR) is 91.7 cm³/mol. The molecule has 1 aliphatic heterocycles. The third kappa shape index (κ3) is 8.91. The van der Waals surface area contributed by atoms with Gasteiger partial charge in [0.15, 0.2) is 0 Å². The van der Waals surface area contributed by atoms with Gasteiger partial charge in [0.2, 0.25) is 0 Å². The number of hydrogen-bond acceptors (Lipinski definition) is 9. The van der Waals surface area contributed by atoms with Crippen LogP contribution in [-0.2, 0) is 9.53 Å². The van der Waals surface area contributed by atoms with Crippen LogP contribution in [0.1, 0.15) is 26.7 Å². The van der Waals surface area contributed by atoms with E-state index in [1.54, 1.807) is 0 Å². The monoisotopic (exact) mass is 366 g/mol. The van der Waals surface area contributed by atoms with Crippen LogP contribution in [0.15, 0.2) is 0 Å². The maximum absolute atomic E-state index is 11.5. The van der Waals surface area contributed by atoms with Gasteiger partial charge in [-0.15, -0.1) is 0 Å². The average Bonchev–Trinajstić information content (AvgIpc) is 3.36. The van der Waals surface area contributed by atoms with Gasteiger partial charge in [0.05, 0.1) is 50.4 Å². The van der Waals surface area contributed by atoms with Crippen molar-refractivity contribution >= 4 is 5.97 Å². The molecule has 1 saturated heterocycles. The van der Waals surface area contributed by atoms with Crippen molar-refractivity contribution in [1.29, 1.82) is 0 Å². The zero-order valence-corrected chi connectivity index (χ0v) is 15.2. The molecule has 9 nitrogen and oxygen atoms in total. The summed E-state index contributed by atoms with van der Waals surface area (Å²) in [5.41, 5.74) is 3.25. The highest BCUT2D eigenvalue weighted by Crippen LogP contribution is 2.21.